The summed E-state index contributed by atoms with van der Waals surface area (Å²) in [7, 11) is 3.91. The van der Waals surface area contributed by atoms with E-state index in [1.54, 1.807) is 35.8 Å². The summed E-state index contributed by atoms with van der Waals surface area (Å²) in [5.41, 5.74) is 14.5. The number of aromatic amines is 1. The number of nitrogens with zero attached hydrogens (tertiary/aromatic N) is 10. The van der Waals surface area contributed by atoms with Crippen LogP contribution < -0.4 is 21.3 Å². The number of tetrazole rings is 1. The zero-order valence-electron chi connectivity index (χ0n) is 64.7. The highest BCUT2D eigenvalue weighted by molar-refractivity contribution is 7.12. The summed E-state index contributed by atoms with van der Waals surface area (Å²) in [5, 5.41) is 54.5. The molecule has 0 atom stereocenters. The van der Waals surface area contributed by atoms with E-state index in [1.165, 1.54) is 48.1 Å². The number of hydrogen-bond acceptors (Lipinski definition) is 20. The molecule has 0 saturated heterocycles. The molecule has 0 aliphatic heterocycles. The lowest BCUT2D eigenvalue weighted by atomic mass is 9.94. The standard InChI is InChI=1S/C20H26N4O3.C18H24N2O3.C16H16ClNOS.C16H19N3O.C15H13N5O3/c1-24(2)12-11-21-19(25)15-8-4-3-7-14(15)13-22-20(26)18-16-9-5-6-10-17(16)27-23-18;1-13(2)9-10-20(12-14-6-5-11-22-14)18(21)17-15-7-3-4-8-16(15)23-19-17;17-14-8-4-2-5-11(14)9-18-16(19)15-13-7-3-1-6-12(13)10-20-15;1-11-6-2-3-7-12(11)10-17-16(20)15-13-8-4-5-9-14(13)18-19-15;21-10-5-3-4-9(8-10)14-16-18-19-20(14)15(22)13-11-6-1-2-7-12(11)23-17-13/h3-4,7-8H,5-6,9-13H2,1-2H3,(H,21,25)(H,22,26);5-6,11,13H,3-4,7-10,12H2,1-2H3;2,4-5,8,10H,1,3,6-7,9H2,(H,18,19);2-3,6-7H,4-5,8-10H2,1H3,(H,17,20)(H,18,19);3-5,8,21H,1-2,6-7H2. The second kappa shape index (κ2) is 39.8. The van der Waals surface area contributed by atoms with Crippen molar-refractivity contribution in [2.24, 2.45) is 5.92 Å². The van der Waals surface area contributed by atoms with Gasteiger partial charge in [-0.3, -0.25) is 33.9 Å². The van der Waals surface area contributed by atoms with Crippen LogP contribution in [0.3, 0.4) is 0 Å². The third kappa shape index (κ3) is 21.3. The number of fused-ring (bicyclic) bond motifs is 5. The van der Waals surface area contributed by atoms with E-state index in [-0.39, 0.29) is 53.3 Å². The molecule has 6 N–H and O–H groups in total. The summed E-state index contributed by atoms with van der Waals surface area (Å²) in [6.07, 6.45) is 22.8. The number of benzene rings is 4. The van der Waals surface area contributed by atoms with Crippen LogP contribution in [-0.2, 0) is 90.4 Å². The van der Waals surface area contributed by atoms with Crippen LogP contribution in [-0.4, -0.2) is 130 Å². The Balaban J connectivity index is 0.000000131. The average Bonchev–Trinajstić information content (AvgIpc) is 1.63. The number of H-pyrrole nitrogens is 1. The Hall–Kier alpha value is -11.2. The van der Waals surface area contributed by atoms with Crippen LogP contribution >= 0.6 is 22.9 Å². The van der Waals surface area contributed by atoms with Gasteiger partial charge < -0.3 is 54.2 Å². The van der Waals surface area contributed by atoms with Crippen LogP contribution in [0, 0.1) is 12.8 Å². The van der Waals surface area contributed by atoms with Crippen molar-refractivity contribution in [3.8, 4) is 17.1 Å². The van der Waals surface area contributed by atoms with Crippen LogP contribution in [0.1, 0.15) is 231 Å². The number of aryl methyl sites for hydroxylation is 6. The Labute approximate surface area is 665 Å². The molecule has 0 radical (unpaired) electrons. The number of aromatic hydroxyl groups is 1. The maximum atomic E-state index is 13.0. The fourth-order valence-corrected chi connectivity index (χ4v) is 15.6. The number of carbonyl (C=O) groups is 6. The van der Waals surface area contributed by atoms with Crippen molar-refractivity contribution < 1.29 is 51.9 Å². The monoisotopic (exact) mass is 1570 g/mol. The smallest absolute Gasteiger partial charge is 0.304 e. The SMILES string of the molecule is CC(C)CCN(Cc1ccco1)C(=O)c1noc2c1CCCC2.CN(C)CCNC(=O)c1ccccc1CNC(=O)c1noc2c1CCCC2.Cc1ccccc1CNC(=O)c1n[nH]c2c1CCCC2.O=C(NCc1ccccc1Cl)c1scc2c1CCCC2.O=C(c1noc2c1CCCC2)n1nnnc1-c1cccc(O)c1. The van der Waals surface area contributed by atoms with E-state index >= 15 is 0 Å². The van der Waals surface area contributed by atoms with E-state index in [0.717, 1.165) is 199 Å². The number of thiophene rings is 1. The predicted molar refractivity (Wildman–Crippen MR) is 427 cm³/mol. The molecular weight excluding hydrogens is 1470 g/mol. The average molecular weight is 1570 g/mol. The summed E-state index contributed by atoms with van der Waals surface area (Å²) in [4.78, 5) is 80.0. The molecule has 0 spiro atoms. The van der Waals surface area contributed by atoms with E-state index in [9.17, 15) is 33.9 Å². The molecule has 7 heterocycles. The van der Waals surface area contributed by atoms with Crippen molar-refractivity contribution in [1.29, 1.82) is 0 Å². The highest BCUT2D eigenvalue weighted by Gasteiger charge is 2.32. The van der Waals surface area contributed by atoms with Crippen LogP contribution in [0.15, 0.2) is 139 Å². The Morgan fingerprint density at radius 3 is 1.83 bits per heavy atom. The molecule has 26 nitrogen and oxygen atoms in total. The van der Waals surface area contributed by atoms with Crippen LogP contribution in [0.25, 0.3) is 11.4 Å². The highest BCUT2D eigenvalue weighted by atomic mass is 35.5. The molecule has 5 amide bonds. The van der Waals surface area contributed by atoms with Crippen molar-refractivity contribution in [3.63, 3.8) is 0 Å². The largest absolute Gasteiger partial charge is 0.508 e. The van der Waals surface area contributed by atoms with Gasteiger partial charge in [0, 0.05) is 103 Å². The van der Waals surface area contributed by atoms with Gasteiger partial charge in [-0.15, -0.1) is 16.4 Å². The molecule has 592 valence electrons. The first kappa shape index (κ1) is 81.3. The second-order valence-electron chi connectivity index (χ2n) is 29.5. The quantitative estimate of drug-likeness (QED) is 0.0364. The number of likely N-dealkylation sites (N-methyl/N-ethyl adjacent to an activating group) is 1. The van der Waals surface area contributed by atoms with E-state index in [1.807, 2.05) is 96.7 Å². The van der Waals surface area contributed by atoms with E-state index < -0.39 is 5.91 Å². The molecule has 0 bridgehead atoms. The third-order valence-corrected chi connectivity index (χ3v) is 22.1. The van der Waals surface area contributed by atoms with Gasteiger partial charge in [0.05, 0.1) is 17.7 Å². The van der Waals surface area contributed by atoms with E-state index in [2.05, 4.69) is 94.7 Å². The van der Waals surface area contributed by atoms with Gasteiger partial charge in [0.2, 0.25) is 0 Å². The lowest BCUT2D eigenvalue weighted by Gasteiger charge is -2.22. The van der Waals surface area contributed by atoms with Gasteiger partial charge in [-0.2, -0.15) is 9.78 Å². The summed E-state index contributed by atoms with van der Waals surface area (Å²) >= 11 is 7.67. The van der Waals surface area contributed by atoms with Crippen molar-refractivity contribution in [3.05, 3.63) is 243 Å². The van der Waals surface area contributed by atoms with Gasteiger partial charge in [0.15, 0.2) is 28.6 Å². The van der Waals surface area contributed by atoms with Crippen LogP contribution in [0.5, 0.6) is 5.75 Å². The lowest BCUT2D eigenvalue weighted by molar-refractivity contribution is 0.0711. The molecule has 0 saturated carbocycles. The first-order valence-electron chi connectivity index (χ1n) is 39.1. The van der Waals surface area contributed by atoms with Gasteiger partial charge in [-0.25, -0.2) is 0 Å². The van der Waals surface area contributed by atoms with Gasteiger partial charge in [0.1, 0.15) is 28.8 Å². The number of furan rings is 1. The van der Waals surface area contributed by atoms with Gasteiger partial charge in [0.25, 0.3) is 29.5 Å². The zero-order chi connectivity index (χ0) is 79.2. The summed E-state index contributed by atoms with van der Waals surface area (Å²) in [6.45, 7) is 10.2. The minimum absolute atomic E-state index is 0.0260. The molecule has 11 aromatic rings. The normalized spacial score (nSPS) is 13.7. The van der Waals surface area contributed by atoms with Crippen molar-refractivity contribution in [2.45, 2.75) is 182 Å². The fraction of sp³-hybridized carbons (Fsp3) is 0.400. The van der Waals surface area contributed by atoms with Crippen LogP contribution in [0.2, 0.25) is 5.02 Å². The Bertz CT molecular complexity index is 4940. The number of hydrogen-bond donors (Lipinski definition) is 6. The van der Waals surface area contributed by atoms with E-state index in [0.29, 0.717) is 71.9 Å². The second-order valence-corrected chi connectivity index (χ2v) is 30.8. The number of carbonyl (C=O) groups excluding carboxylic acids is 6. The molecule has 0 fully saturated rings. The first-order chi connectivity index (χ1) is 55.0. The summed E-state index contributed by atoms with van der Waals surface area (Å²) < 4.78 is 22.5. The van der Waals surface area contributed by atoms with Crippen molar-refractivity contribution in [2.75, 3.05) is 33.7 Å². The van der Waals surface area contributed by atoms with Gasteiger partial charge >= 0.3 is 5.91 Å². The number of nitrogens with one attached hydrogen (secondary N) is 5. The maximum absolute atomic E-state index is 13.0. The van der Waals surface area contributed by atoms with Crippen molar-refractivity contribution in [1.82, 2.24) is 76.9 Å². The summed E-state index contributed by atoms with van der Waals surface area (Å²) in [5.74, 6) is 3.21. The summed E-state index contributed by atoms with van der Waals surface area (Å²) in [6, 6.07) is 33.1. The molecule has 113 heavy (non-hydrogen) atoms. The molecule has 7 aromatic heterocycles. The van der Waals surface area contributed by atoms with Gasteiger partial charge in [-0.05, 0) is 228 Å². The predicted octanol–water partition coefficient (Wildman–Crippen LogP) is 13.9. The number of rotatable bonds is 21. The topological polar surface area (TPSA) is 341 Å². The molecule has 4 aromatic carbocycles. The maximum Gasteiger partial charge on any atom is 0.304 e. The minimum atomic E-state index is -0.430. The number of halogens is 1. The number of phenols is 1. The third-order valence-electron chi connectivity index (χ3n) is 20.7. The zero-order valence-corrected chi connectivity index (χ0v) is 66.3. The molecule has 5 aliphatic rings. The van der Waals surface area contributed by atoms with E-state index in [4.69, 9.17) is 29.6 Å². The number of phenolic OH excluding ortho intramolecular Hbond substituents is 1. The fourth-order valence-electron chi connectivity index (χ4n) is 14.3. The number of aromatic nitrogens is 9. The lowest BCUT2D eigenvalue weighted by Crippen LogP contribution is -2.33. The molecule has 0 unspecified atom stereocenters. The molecule has 16 rings (SSSR count). The Morgan fingerprint density at radius 2 is 1.16 bits per heavy atom. The molecule has 28 heteroatoms. The first-order valence-corrected chi connectivity index (χ1v) is 40.4. The Morgan fingerprint density at radius 1 is 0.584 bits per heavy atom. The molecular formula is C85H98ClN15O11S. The number of amides is 5. The van der Waals surface area contributed by atoms with Gasteiger partial charge in [-0.1, -0.05) is 114 Å². The van der Waals surface area contributed by atoms with Crippen molar-refractivity contribution >= 4 is 58.4 Å². The minimum Gasteiger partial charge on any atom is -0.508 e. The molecule has 5 aliphatic carbocycles. The highest BCUT2D eigenvalue weighted by Crippen LogP contribution is 2.33. The Kier molecular flexibility index (Phi) is 28.7. The van der Waals surface area contributed by atoms with Crippen LogP contribution in [0.4, 0.5) is 0 Å².